The van der Waals surface area contributed by atoms with Crippen LogP contribution in [-0.2, 0) is 0 Å². The molecule has 0 amide bonds. The molecule has 0 atom stereocenters. The molecule has 15 heavy (non-hydrogen) atoms. The third-order valence-electron chi connectivity index (χ3n) is 2.85. The van der Waals surface area contributed by atoms with Gasteiger partial charge in [-0.05, 0) is 11.5 Å². The number of aromatic nitrogens is 1. The summed E-state index contributed by atoms with van der Waals surface area (Å²) in [4.78, 5) is 4.49. The molecule has 1 aromatic heterocycles. The Morgan fingerprint density at radius 2 is 1.87 bits per heavy atom. The molecule has 1 N–H and O–H groups in total. The summed E-state index contributed by atoms with van der Waals surface area (Å²) in [6.45, 7) is 2.15. The minimum absolute atomic E-state index is 0. The van der Waals surface area contributed by atoms with E-state index in [4.69, 9.17) is 0 Å². The Balaban J connectivity index is 0.000000853. The van der Waals surface area contributed by atoms with Crippen molar-refractivity contribution in [3.05, 3.63) is 42.2 Å². The van der Waals surface area contributed by atoms with Gasteiger partial charge < -0.3 is 5.32 Å². The molecule has 1 aromatic carbocycles. The maximum absolute atomic E-state index is 4.49. The lowest BCUT2D eigenvalue weighted by Crippen LogP contribution is -2.40. The first-order valence-corrected chi connectivity index (χ1v) is 4.99. The number of pyridine rings is 1. The zero-order valence-electron chi connectivity index (χ0n) is 8.31. The fourth-order valence-corrected chi connectivity index (χ4v) is 1.82. The molecule has 0 aliphatic carbocycles. The highest BCUT2D eigenvalue weighted by atomic mass is 35.5. The van der Waals surface area contributed by atoms with E-state index in [1.807, 2.05) is 6.20 Å². The maximum Gasteiger partial charge on any atom is 0.0466 e. The predicted molar refractivity (Wildman–Crippen MR) is 64.6 cm³/mol. The Labute approximate surface area is 95.1 Å². The molecule has 78 valence electrons. The second-order valence-electron chi connectivity index (χ2n) is 3.81. The van der Waals surface area contributed by atoms with E-state index in [2.05, 4.69) is 40.6 Å². The third kappa shape index (κ3) is 1.83. The summed E-state index contributed by atoms with van der Waals surface area (Å²) in [5, 5.41) is 5.79. The molecule has 3 heteroatoms. The van der Waals surface area contributed by atoms with E-state index in [0.29, 0.717) is 5.92 Å². The number of hydrogen-bond donors (Lipinski definition) is 1. The third-order valence-corrected chi connectivity index (χ3v) is 2.85. The minimum Gasteiger partial charge on any atom is -0.315 e. The summed E-state index contributed by atoms with van der Waals surface area (Å²) in [5.74, 6) is 0.625. The molecular formula is C12H13ClN2. The molecule has 0 spiro atoms. The maximum atomic E-state index is 4.49. The van der Waals surface area contributed by atoms with E-state index < -0.39 is 0 Å². The van der Waals surface area contributed by atoms with Crippen LogP contribution in [0, 0.1) is 0 Å². The number of nitrogens with one attached hydrogen (secondary N) is 1. The van der Waals surface area contributed by atoms with Crippen molar-refractivity contribution in [1.82, 2.24) is 10.3 Å². The van der Waals surface area contributed by atoms with Gasteiger partial charge in [-0.2, -0.15) is 0 Å². The fraction of sp³-hybridized carbons (Fsp3) is 0.250. The molecule has 1 saturated heterocycles. The smallest absolute Gasteiger partial charge is 0.0466 e. The average Bonchev–Trinajstić information content (AvgIpc) is 2.15. The monoisotopic (exact) mass is 220 g/mol. The van der Waals surface area contributed by atoms with Gasteiger partial charge in [0.2, 0.25) is 0 Å². The standard InChI is InChI=1S/C12H12N2.ClH/c1-2-4-10-8-14-12(5-9(10)3-1)11-6-13-7-11;/h1-5,8,11,13H,6-7H2;1H. The first-order valence-electron chi connectivity index (χ1n) is 4.99. The second kappa shape index (κ2) is 4.17. The highest BCUT2D eigenvalue weighted by molar-refractivity contribution is 5.85. The normalized spacial score (nSPS) is 15.7. The summed E-state index contributed by atoms with van der Waals surface area (Å²) < 4.78 is 0. The first kappa shape index (κ1) is 10.4. The molecule has 1 fully saturated rings. The van der Waals surface area contributed by atoms with Gasteiger partial charge in [0, 0.05) is 36.3 Å². The van der Waals surface area contributed by atoms with Crippen molar-refractivity contribution >= 4 is 23.2 Å². The number of benzene rings is 1. The molecule has 0 radical (unpaired) electrons. The van der Waals surface area contributed by atoms with Crippen LogP contribution >= 0.6 is 12.4 Å². The fourth-order valence-electron chi connectivity index (χ4n) is 1.82. The summed E-state index contributed by atoms with van der Waals surface area (Å²) >= 11 is 0. The summed E-state index contributed by atoms with van der Waals surface area (Å²) in [7, 11) is 0. The molecule has 1 aliphatic heterocycles. The predicted octanol–water partition coefficient (Wildman–Crippen LogP) is 2.34. The number of nitrogens with zero attached hydrogens (tertiary/aromatic N) is 1. The topological polar surface area (TPSA) is 24.9 Å². The number of rotatable bonds is 1. The van der Waals surface area contributed by atoms with E-state index in [9.17, 15) is 0 Å². The minimum atomic E-state index is 0. The van der Waals surface area contributed by atoms with Crippen LogP contribution in [0.25, 0.3) is 10.8 Å². The Morgan fingerprint density at radius 3 is 2.53 bits per heavy atom. The van der Waals surface area contributed by atoms with Crippen molar-refractivity contribution in [3.8, 4) is 0 Å². The van der Waals surface area contributed by atoms with Crippen molar-refractivity contribution in [3.63, 3.8) is 0 Å². The zero-order chi connectivity index (χ0) is 9.38. The molecular weight excluding hydrogens is 208 g/mol. The highest BCUT2D eigenvalue weighted by Crippen LogP contribution is 2.21. The number of halogens is 1. The van der Waals surface area contributed by atoms with Gasteiger partial charge in [-0.15, -0.1) is 12.4 Å². The van der Waals surface area contributed by atoms with Gasteiger partial charge in [0.25, 0.3) is 0 Å². The summed E-state index contributed by atoms with van der Waals surface area (Å²) in [6, 6.07) is 10.6. The molecule has 2 aromatic rings. The lowest BCUT2D eigenvalue weighted by atomic mass is 9.97. The molecule has 2 heterocycles. The van der Waals surface area contributed by atoms with Crippen molar-refractivity contribution < 1.29 is 0 Å². The van der Waals surface area contributed by atoms with Crippen molar-refractivity contribution in [2.75, 3.05) is 13.1 Å². The Hall–Kier alpha value is -1.12. The van der Waals surface area contributed by atoms with E-state index in [-0.39, 0.29) is 12.4 Å². The van der Waals surface area contributed by atoms with Crippen LogP contribution in [0.1, 0.15) is 11.6 Å². The van der Waals surface area contributed by atoms with Crippen LogP contribution in [-0.4, -0.2) is 18.1 Å². The average molecular weight is 221 g/mol. The van der Waals surface area contributed by atoms with Crippen LogP contribution in [0.2, 0.25) is 0 Å². The van der Waals surface area contributed by atoms with Gasteiger partial charge in [0.05, 0.1) is 0 Å². The van der Waals surface area contributed by atoms with Crippen LogP contribution in [0.5, 0.6) is 0 Å². The van der Waals surface area contributed by atoms with Crippen LogP contribution in [0.4, 0.5) is 0 Å². The molecule has 1 aliphatic rings. The van der Waals surface area contributed by atoms with Crippen molar-refractivity contribution in [2.45, 2.75) is 5.92 Å². The van der Waals surface area contributed by atoms with Gasteiger partial charge in [0.15, 0.2) is 0 Å². The Morgan fingerprint density at radius 1 is 1.13 bits per heavy atom. The van der Waals surface area contributed by atoms with E-state index >= 15 is 0 Å². The zero-order valence-corrected chi connectivity index (χ0v) is 9.13. The van der Waals surface area contributed by atoms with E-state index in [1.165, 1.54) is 16.5 Å². The lowest BCUT2D eigenvalue weighted by Gasteiger charge is -2.26. The van der Waals surface area contributed by atoms with Crippen molar-refractivity contribution in [1.29, 1.82) is 0 Å². The van der Waals surface area contributed by atoms with Crippen LogP contribution in [0.15, 0.2) is 36.5 Å². The summed E-state index contributed by atoms with van der Waals surface area (Å²) in [5.41, 5.74) is 1.22. The van der Waals surface area contributed by atoms with Gasteiger partial charge in [-0.25, -0.2) is 0 Å². The quantitative estimate of drug-likeness (QED) is 0.798. The van der Waals surface area contributed by atoms with E-state index in [1.54, 1.807) is 0 Å². The van der Waals surface area contributed by atoms with Crippen LogP contribution in [0.3, 0.4) is 0 Å². The molecule has 3 rings (SSSR count). The molecule has 0 bridgehead atoms. The second-order valence-corrected chi connectivity index (χ2v) is 3.81. The molecule has 0 saturated carbocycles. The van der Waals surface area contributed by atoms with Gasteiger partial charge in [-0.3, -0.25) is 4.98 Å². The first-order chi connectivity index (χ1) is 6.93. The van der Waals surface area contributed by atoms with Gasteiger partial charge in [-0.1, -0.05) is 24.3 Å². The van der Waals surface area contributed by atoms with Gasteiger partial charge >= 0.3 is 0 Å². The highest BCUT2D eigenvalue weighted by Gasteiger charge is 2.19. The summed E-state index contributed by atoms with van der Waals surface area (Å²) in [6.07, 6.45) is 1.98. The molecule has 2 nitrogen and oxygen atoms in total. The van der Waals surface area contributed by atoms with Crippen LogP contribution < -0.4 is 5.32 Å². The Bertz CT molecular complexity index is 466. The number of fused-ring (bicyclic) bond motifs is 1. The Kier molecular flexibility index (Phi) is 2.89. The lowest BCUT2D eigenvalue weighted by molar-refractivity contribution is 0.440. The number of hydrogen-bond acceptors (Lipinski definition) is 2. The molecule has 0 unspecified atom stereocenters. The van der Waals surface area contributed by atoms with Gasteiger partial charge in [0.1, 0.15) is 0 Å². The van der Waals surface area contributed by atoms with E-state index in [0.717, 1.165) is 13.1 Å². The SMILES string of the molecule is Cl.c1ccc2cc(C3CNC3)ncc2c1. The largest absolute Gasteiger partial charge is 0.315 e. The van der Waals surface area contributed by atoms with Crippen molar-refractivity contribution in [2.24, 2.45) is 0 Å².